The van der Waals surface area contributed by atoms with Gasteiger partial charge in [0.15, 0.2) is 0 Å². The maximum atomic E-state index is 5.77. The predicted octanol–water partition coefficient (Wildman–Crippen LogP) is 1.46. The van der Waals surface area contributed by atoms with Crippen LogP contribution in [0.15, 0.2) is 28.2 Å². The maximum absolute atomic E-state index is 5.77. The highest BCUT2D eigenvalue weighted by atomic mass is 15.2. The molecule has 0 aliphatic carbocycles. The van der Waals surface area contributed by atoms with Gasteiger partial charge in [0, 0.05) is 18.8 Å². The van der Waals surface area contributed by atoms with Crippen molar-refractivity contribution in [3.63, 3.8) is 0 Å². The van der Waals surface area contributed by atoms with Crippen LogP contribution >= 0.6 is 0 Å². The normalized spacial score (nSPS) is 16.0. The Morgan fingerprint density at radius 3 is 3.00 bits per heavy atom. The number of aliphatic imine (C=N–C) groups is 2. The summed E-state index contributed by atoms with van der Waals surface area (Å²) in [7, 11) is 0. The molecule has 0 fully saturated rings. The van der Waals surface area contributed by atoms with Gasteiger partial charge in [-0.15, -0.1) is 0 Å². The van der Waals surface area contributed by atoms with Gasteiger partial charge in [-0.1, -0.05) is 13.8 Å². The minimum Gasteiger partial charge on any atom is -0.383 e. The van der Waals surface area contributed by atoms with Gasteiger partial charge in [0.05, 0.1) is 12.4 Å². The molecule has 0 radical (unpaired) electrons. The second-order valence-electron chi connectivity index (χ2n) is 2.96. The summed E-state index contributed by atoms with van der Waals surface area (Å²) in [4.78, 5) is 10.1. The van der Waals surface area contributed by atoms with Crippen molar-refractivity contribution < 1.29 is 0 Å². The third-order valence-corrected chi connectivity index (χ3v) is 1.85. The highest BCUT2D eigenvalue weighted by Gasteiger charge is 2.10. The standard InChI is InChI=1S/C10H16N4/c1-3-5-13-10(4-2)14-7-6-12-8-9(14)11/h7-8H,3-5,11H2,1-2H3/b13-10-. The Hall–Kier alpha value is -1.54. The summed E-state index contributed by atoms with van der Waals surface area (Å²) >= 11 is 0. The third kappa shape index (κ3) is 2.47. The minimum absolute atomic E-state index is 0.598. The lowest BCUT2D eigenvalue weighted by Gasteiger charge is -2.21. The van der Waals surface area contributed by atoms with Crippen LogP contribution in [0.2, 0.25) is 0 Å². The fourth-order valence-corrected chi connectivity index (χ4v) is 1.15. The van der Waals surface area contributed by atoms with Gasteiger partial charge in [-0.25, -0.2) is 4.99 Å². The Labute approximate surface area is 84.5 Å². The van der Waals surface area contributed by atoms with Crippen LogP contribution in [-0.4, -0.2) is 23.2 Å². The maximum Gasteiger partial charge on any atom is 0.128 e. The molecule has 76 valence electrons. The molecule has 0 saturated carbocycles. The van der Waals surface area contributed by atoms with Crippen LogP contribution in [0.3, 0.4) is 0 Å². The molecule has 14 heavy (non-hydrogen) atoms. The first-order valence-corrected chi connectivity index (χ1v) is 4.86. The third-order valence-electron chi connectivity index (χ3n) is 1.85. The van der Waals surface area contributed by atoms with Crippen molar-refractivity contribution in [3.05, 3.63) is 18.2 Å². The summed E-state index contributed by atoms with van der Waals surface area (Å²) in [6.45, 7) is 4.99. The van der Waals surface area contributed by atoms with Gasteiger partial charge in [-0.05, 0) is 6.42 Å². The Morgan fingerprint density at radius 2 is 2.43 bits per heavy atom. The molecular formula is C10H16N4. The van der Waals surface area contributed by atoms with Gasteiger partial charge < -0.3 is 5.73 Å². The summed E-state index contributed by atoms with van der Waals surface area (Å²) in [6.07, 6.45) is 5.19. The lowest BCUT2D eigenvalue weighted by Crippen LogP contribution is -2.30. The minimum atomic E-state index is 0.598. The molecule has 4 nitrogen and oxygen atoms in total. The number of rotatable bonds is 3. The topological polar surface area (TPSA) is 54.0 Å². The van der Waals surface area contributed by atoms with Gasteiger partial charge in [0.2, 0.25) is 0 Å². The first-order chi connectivity index (χ1) is 6.79. The fourth-order valence-electron chi connectivity index (χ4n) is 1.15. The van der Waals surface area contributed by atoms with E-state index in [1.54, 1.807) is 12.4 Å². The van der Waals surface area contributed by atoms with Crippen LogP contribution in [0.25, 0.3) is 0 Å². The van der Waals surface area contributed by atoms with E-state index >= 15 is 0 Å². The Bertz CT molecular complexity index is 308. The van der Waals surface area contributed by atoms with E-state index in [1.165, 1.54) is 0 Å². The first kappa shape index (κ1) is 10.5. The number of nitrogens with two attached hydrogens (primary N) is 1. The highest BCUT2D eigenvalue weighted by molar-refractivity contribution is 5.86. The van der Waals surface area contributed by atoms with Gasteiger partial charge in [0.1, 0.15) is 11.7 Å². The lowest BCUT2D eigenvalue weighted by molar-refractivity contribution is 0.651. The predicted molar refractivity (Wildman–Crippen MR) is 59.0 cm³/mol. The summed E-state index contributed by atoms with van der Waals surface area (Å²) < 4.78 is 0. The van der Waals surface area contributed by atoms with Gasteiger partial charge >= 0.3 is 0 Å². The number of amidine groups is 1. The van der Waals surface area contributed by atoms with Crippen molar-refractivity contribution in [2.45, 2.75) is 26.7 Å². The smallest absolute Gasteiger partial charge is 0.128 e. The summed E-state index contributed by atoms with van der Waals surface area (Å²) in [5.74, 6) is 4.30. The van der Waals surface area contributed by atoms with Gasteiger partial charge in [0.25, 0.3) is 0 Å². The van der Waals surface area contributed by atoms with Crippen LogP contribution in [0.4, 0.5) is 0 Å². The van der Waals surface area contributed by atoms with E-state index in [2.05, 4.69) is 29.7 Å². The fraction of sp³-hybridized carbons (Fsp3) is 0.500. The Morgan fingerprint density at radius 1 is 1.64 bits per heavy atom. The molecule has 0 aromatic heterocycles. The van der Waals surface area contributed by atoms with Crippen molar-refractivity contribution in [2.24, 2.45) is 15.7 Å². The molecule has 0 saturated heterocycles. The molecule has 0 atom stereocenters. The lowest BCUT2D eigenvalue weighted by atomic mass is 10.3. The second-order valence-corrected chi connectivity index (χ2v) is 2.96. The molecule has 2 N–H and O–H groups in total. The van der Waals surface area contributed by atoms with Crippen LogP contribution in [0, 0.1) is 0 Å². The molecule has 1 heterocycles. The van der Waals surface area contributed by atoms with E-state index in [0.29, 0.717) is 5.82 Å². The quantitative estimate of drug-likeness (QED) is 0.543. The monoisotopic (exact) mass is 192 g/mol. The second kappa shape index (κ2) is 5.25. The molecular weight excluding hydrogens is 176 g/mol. The average molecular weight is 192 g/mol. The van der Waals surface area contributed by atoms with Crippen molar-refractivity contribution >= 4 is 11.7 Å². The highest BCUT2D eigenvalue weighted by Crippen LogP contribution is 2.06. The Balaban J connectivity index is 2.80. The molecule has 0 aromatic rings. The molecule has 1 rings (SSSR count). The van der Waals surface area contributed by atoms with E-state index in [9.17, 15) is 0 Å². The molecule has 1 aliphatic heterocycles. The molecule has 0 spiro atoms. The van der Waals surface area contributed by atoms with E-state index in [-0.39, 0.29) is 0 Å². The number of hydrogen-bond acceptors (Lipinski definition) is 3. The zero-order valence-corrected chi connectivity index (χ0v) is 8.70. The van der Waals surface area contributed by atoms with Crippen molar-refractivity contribution in [3.8, 4) is 0 Å². The number of nitrogens with zero attached hydrogens (tertiary/aromatic N) is 3. The van der Waals surface area contributed by atoms with Crippen LogP contribution in [0.1, 0.15) is 26.7 Å². The molecule has 0 amide bonds. The zero-order chi connectivity index (χ0) is 10.4. The molecule has 0 bridgehead atoms. The van der Waals surface area contributed by atoms with Crippen molar-refractivity contribution in [1.29, 1.82) is 0 Å². The summed E-state index contributed by atoms with van der Waals surface area (Å²) in [5, 5.41) is 0. The number of hydrogen-bond donors (Lipinski definition) is 1. The molecule has 1 aliphatic rings. The first-order valence-electron chi connectivity index (χ1n) is 4.86. The van der Waals surface area contributed by atoms with E-state index in [4.69, 9.17) is 5.73 Å². The van der Waals surface area contributed by atoms with Gasteiger partial charge in [-0.3, -0.25) is 9.89 Å². The van der Waals surface area contributed by atoms with E-state index in [1.807, 2.05) is 4.90 Å². The summed E-state index contributed by atoms with van der Waals surface area (Å²) in [5.41, 5.74) is 5.77. The van der Waals surface area contributed by atoms with Crippen LogP contribution in [-0.2, 0) is 0 Å². The largest absolute Gasteiger partial charge is 0.383 e. The molecule has 0 aromatic carbocycles. The van der Waals surface area contributed by atoms with E-state index < -0.39 is 0 Å². The average Bonchev–Trinajstić information content (AvgIpc) is 2.21. The Kier molecular flexibility index (Phi) is 3.95. The molecule has 4 heteroatoms. The zero-order valence-electron chi connectivity index (χ0n) is 8.70. The van der Waals surface area contributed by atoms with Gasteiger partial charge in [-0.2, -0.15) is 0 Å². The molecule has 0 unspecified atom stereocenters. The van der Waals surface area contributed by atoms with Crippen molar-refractivity contribution in [1.82, 2.24) is 4.90 Å². The van der Waals surface area contributed by atoms with Crippen molar-refractivity contribution in [2.75, 3.05) is 6.54 Å². The van der Waals surface area contributed by atoms with Crippen LogP contribution in [0.5, 0.6) is 0 Å². The SMILES string of the molecule is CCC/N=C(/CC)N1C=C=NC=C1N. The summed E-state index contributed by atoms with van der Waals surface area (Å²) in [6, 6.07) is 0. The van der Waals surface area contributed by atoms with E-state index in [0.717, 1.165) is 25.2 Å². The van der Waals surface area contributed by atoms with Crippen LogP contribution < -0.4 is 5.73 Å².